The molecule has 19 heavy (non-hydrogen) atoms. The average molecular weight is 276 g/mol. The van der Waals surface area contributed by atoms with E-state index < -0.39 is 0 Å². The van der Waals surface area contributed by atoms with E-state index in [0.29, 0.717) is 5.75 Å². The number of hydrogen-bond donors (Lipinski definition) is 0. The summed E-state index contributed by atoms with van der Waals surface area (Å²) in [5, 5.41) is 0. The van der Waals surface area contributed by atoms with Gasteiger partial charge in [0.25, 0.3) is 5.56 Å². The van der Waals surface area contributed by atoms with Crippen molar-refractivity contribution in [3.63, 3.8) is 0 Å². The lowest BCUT2D eigenvalue weighted by molar-refractivity contribution is 0.665. The number of nitrogens with zero attached hydrogens (tertiary/aromatic N) is 2. The molecule has 0 amide bonds. The number of aromatic nitrogens is 2. The van der Waals surface area contributed by atoms with E-state index in [1.165, 1.54) is 23.2 Å². The molecule has 2 aromatic rings. The van der Waals surface area contributed by atoms with Crippen molar-refractivity contribution < 1.29 is 0 Å². The molecule has 0 saturated carbocycles. The van der Waals surface area contributed by atoms with Gasteiger partial charge in [-0.15, -0.1) is 11.8 Å². The van der Waals surface area contributed by atoms with Crippen LogP contribution in [-0.4, -0.2) is 9.13 Å². The van der Waals surface area contributed by atoms with E-state index in [1.54, 1.807) is 18.8 Å². The molecule has 0 aliphatic heterocycles. The van der Waals surface area contributed by atoms with Gasteiger partial charge in [-0.05, 0) is 19.1 Å². The highest BCUT2D eigenvalue weighted by atomic mass is 32.2. The summed E-state index contributed by atoms with van der Waals surface area (Å²) in [5.74, 6) is 0.602. The van der Waals surface area contributed by atoms with Crippen LogP contribution in [0.2, 0.25) is 0 Å². The van der Waals surface area contributed by atoms with Crippen molar-refractivity contribution in [1.82, 2.24) is 9.13 Å². The van der Waals surface area contributed by atoms with Crippen LogP contribution in [0.3, 0.4) is 0 Å². The number of hydrogen-bond acceptors (Lipinski definition) is 3. The molecule has 100 valence electrons. The molecule has 0 unspecified atom stereocenters. The lowest BCUT2D eigenvalue weighted by Crippen LogP contribution is -2.37. The molecule has 0 saturated heterocycles. The van der Waals surface area contributed by atoms with Crippen LogP contribution in [-0.2, 0) is 19.8 Å². The predicted octanol–water partition coefficient (Wildman–Crippen LogP) is 1.68. The quantitative estimate of drug-likeness (QED) is 0.801. The van der Waals surface area contributed by atoms with Crippen molar-refractivity contribution >= 4 is 11.8 Å². The normalized spacial score (nSPS) is 10.7. The van der Waals surface area contributed by atoms with Crippen LogP contribution >= 0.6 is 11.8 Å². The van der Waals surface area contributed by atoms with Crippen LogP contribution < -0.4 is 11.2 Å². The molecule has 0 aliphatic rings. The Morgan fingerprint density at radius 3 is 2.32 bits per heavy atom. The van der Waals surface area contributed by atoms with Crippen LogP contribution in [0.4, 0.5) is 0 Å². The maximum atomic E-state index is 11.8. The maximum Gasteiger partial charge on any atom is 0.330 e. The first kappa shape index (κ1) is 13.7. The van der Waals surface area contributed by atoms with Gasteiger partial charge in [0.15, 0.2) is 0 Å². The van der Waals surface area contributed by atoms with Gasteiger partial charge in [0.2, 0.25) is 0 Å². The Morgan fingerprint density at radius 2 is 1.68 bits per heavy atom. The first-order chi connectivity index (χ1) is 8.99. The fraction of sp³-hybridized carbons (Fsp3) is 0.286. The van der Waals surface area contributed by atoms with Gasteiger partial charge >= 0.3 is 5.69 Å². The molecule has 1 aromatic heterocycles. The second kappa shape index (κ2) is 5.48. The van der Waals surface area contributed by atoms with Gasteiger partial charge in [0, 0.05) is 36.5 Å². The molecule has 5 heteroatoms. The van der Waals surface area contributed by atoms with Gasteiger partial charge in [-0.3, -0.25) is 13.9 Å². The van der Waals surface area contributed by atoms with Crippen molar-refractivity contribution in [1.29, 1.82) is 0 Å². The zero-order chi connectivity index (χ0) is 14.0. The summed E-state index contributed by atoms with van der Waals surface area (Å²) in [6.07, 6.45) is 0. The van der Waals surface area contributed by atoms with Crippen LogP contribution in [0.1, 0.15) is 11.3 Å². The van der Waals surface area contributed by atoms with Crippen molar-refractivity contribution in [2.24, 2.45) is 14.1 Å². The molecule has 1 heterocycles. The van der Waals surface area contributed by atoms with Crippen LogP contribution in [0.25, 0.3) is 0 Å². The number of benzene rings is 1. The summed E-state index contributed by atoms with van der Waals surface area (Å²) in [7, 11) is 3.17. The molecule has 0 fully saturated rings. The highest BCUT2D eigenvalue weighted by Crippen LogP contribution is 2.21. The minimum absolute atomic E-state index is 0.261. The van der Waals surface area contributed by atoms with E-state index in [2.05, 4.69) is 0 Å². The van der Waals surface area contributed by atoms with E-state index in [9.17, 15) is 9.59 Å². The molecule has 2 rings (SSSR count). The summed E-state index contributed by atoms with van der Waals surface area (Å²) in [6.45, 7) is 2.04. The lowest BCUT2D eigenvalue weighted by Gasteiger charge is -2.09. The number of aryl methyl sites for hydroxylation is 1. The molecule has 0 radical (unpaired) electrons. The Labute approximate surface area is 115 Å². The van der Waals surface area contributed by atoms with Crippen molar-refractivity contribution in [3.8, 4) is 0 Å². The molecule has 0 N–H and O–H groups in total. The molecular weight excluding hydrogens is 260 g/mol. The van der Waals surface area contributed by atoms with Crippen LogP contribution in [0.15, 0.2) is 44.8 Å². The van der Waals surface area contributed by atoms with E-state index in [4.69, 9.17) is 0 Å². The molecule has 1 aromatic carbocycles. The van der Waals surface area contributed by atoms with Gasteiger partial charge in [0.1, 0.15) is 0 Å². The standard InChI is InChI=1S/C14H16N2O2S/c1-10-4-6-12(7-5-10)19-9-11-8-13(17)16(3)14(18)15(11)2/h4-8H,9H2,1-3H3. The monoisotopic (exact) mass is 276 g/mol. The molecule has 0 bridgehead atoms. The topological polar surface area (TPSA) is 44.0 Å². The second-order valence-corrected chi connectivity index (χ2v) is 5.53. The summed E-state index contributed by atoms with van der Waals surface area (Å²) in [6, 6.07) is 9.69. The van der Waals surface area contributed by atoms with Gasteiger partial charge < -0.3 is 0 Å². The highest BCUT2D eigenvalue weighted by molar-refractivity contribution is 7.98. The first-order valence-corrected chi connectivity index (χ1v) is 6.93. The van der Waals surface area contributed by atoms with Gasteiger partial charge in [-0.1, -0.05) is 17.7 Å². The molecule has 4 nitrogen and oxygen atoms in total. The molecule has 0 atom stereocenters. The minimum atomic E-state index is -0.285. The zero-order valence-electron chi connectivity index (χ0n) is 11.2. The summed E-state index contributed by atoms with van der Waals surface area (Å²) < 4.78 is 2.63. The zero-order valence-corrected chi connectivity index (χ0v) is 12.0. The fourth-order valence-electron chi connectivity index (χ4n) is 1.71. The smallest absolute Gasteiger partial charge is 0.300 e. The maximum absolute atomic E-state index is 11.8. The number of thioether (sulfide) groups is 1. The second-order valence-electron chi connectivity index (χ2n) is 4.48. The molecular formula is C14H16N2O2S. The Bertz CT molecular complexity index is 699. The third kappa shape index (κ3) is 2.98. The Kier molecular flexibility index (Phi) is 3.95. The first-order valence-electron chi connectivity index (χ1n) is 5.94. The van der Waals surface area contributed by atoms with E-state index in [-0.39, 0.29) is 11.2 Å². The van der Waals surface area contributed by atoms with Crippen LogP contribution in [0, 0.1) is 6.92 Å². The Balaban J connectivity index is 2.23. The molecule has 0 aliphatic carbocycles. The lowest BCUT2D eigenvalue weighted by atomic mass is 10.2. The molecule has 0 spiro atoms. The third-order valence-corrected chi connectivity index (χ3v) is 4.08. The summed E-state index contributed by atoms with van der Waals surface area (Å²) in [5.41, 5.74) is 1.40. The van der Waals surface area contributed by atoms with E-state index in [0.717, 1.165) is 15.2 Å². The largest absolute Gasteiger partial charge is 0.330 e. The Morgan fingerprint density at radius 1 is 1.05 bits per heavy atom. The van der Waals surface area contributed by atoms with Crippen molar-refractivity contribution in [2.75, 3.05) is 0 Å². The van der Waals surface area contributed by atoms with Gasteiger partial charge in [-0.25, -0.2) is 4.79 Å². The van der Waals surface area contributed by atoms with Gasteiger partial charge in [0.05, 0.1) is 0 Å². The third-order valence-electron chi connectivity index (χ3n) is 3.03. The van der Waals surface area contributed by atoms with Gasteiger partial charge in [-0.2, -0.15) is 0 Å². The van der Waals surface area contributed by atoms with E-state index >= 15 is 0 Å². The summed E-state index contributed by atoms with van der Waals surface area (Å²) >= 11 is 1.61. The highest BCUT2D eigenvalue weighted by Gasteiger charge is 2.06. The SMILES string of the molecule is Cc1ccc(SCc2cc(=O)n(C)c(=O)n2C)cc1. The van der Waals surface area contributed by atoms with Crippen molar-refractivity contribution in [3.05, 3.63) is 62.4 Å². The fourth-order valence-corrected chi connectivity index (χ4v) is 2.63. The number of rotatable bonds is 3. The summed E-state index contributed by atoms with van der Waals surface area (Å²) in [4.78, 5) is 24.5. The average Bonchev–Trinajstić information content (AvgIpc) is 2.41. The predicted molar refractivity (Wildman–Crippen MR) is 77.7 cm³/mol. The van der Waals surface area contributed by atoms with E-state index in [1.807, 2.05) is 31.2 Å². The minimum Gasteiger partial charge on any atom is -0.300 e. The Hall–Kier alpha value is -1.75. The van der Waals surface area contributed by atoms with Crippen LogP contribution in [0.5, 0.6) is 0 Å². The van der Waals surface area contributed by atoms with Crippen molar-refractivity contribution in [2.45, 2.75) is 17.6 Å².